The molecular formula is C36H50N6O8. The molecule has 50 heavy (non-hydrogen) atoms. The van der Waals surface area contributed by atoms with Gasteiger partial charge in [-0.2, -0.15) is 0 Å². The molecular weight excluding hydrogens is 644 g/mol. The van der Waals surface area contributed by atoms with Gasteiger partial charge in [0.1, 0.15) is 23.5 Å². The van der Waals surface area contributed by atoms with Crippen LogP contribution in [0.3, 0.4) is 0 Å². The van der Waals surface area contributed by atoms with Crippen molar-refractivity contribution in [2.24, 2.45) is 0 Å². The highest BCUT2D eigenvalue weighted by molar-refractivity contribution is 6.00. The van der Waals surface area contributed by atoms with Crippen LogP contribution >= 0.6 is 0 Å². The summed E-state index contributed by atoms with van der Waals surface area (Å²) < 4.78 is 11.3. The van der Waals surface area contributed by atoms with Gasteiger partial charge in [-0.1, -0.05) is 19.4 Å². The number of carbonyl (C=O) groups is 5. The molecule has 1 aromatic carbocycles. The van der Waals surface area contributed by atoms with Crippen LogP contribution < -0.4 is 15.4 Å². The molecule has 2 atom stereocenters. The predicted octanol–water partition coefficient (Wildman–Crippen LogP) is 2.53. The van der Waals surface area contributed by atoms with Gasteiger partial charge in [0.05, 0.1) is 17.7 Å². The number of hydrogen-bond donors (Lipinski definition) is 3. The third-order valence-corrected chi connectivity index (χ3v) is 9.64. The highest BCUT2D eigenvalue weighted by atomic mass is 16.6. The number of nitrogens with one attached hydrogen (secondary N) is 2. The Hall–Kier alpha value is -4.46. The molecule has 5 amide bonds. The van der Waals surface area contributed by atoms with E-state index in [0.717, 1.165) is 44.1 Å². The molecule has 2 unspecified atom stereocenters. The molecule has 14 nitrogen and oxygen atoms in total. The number of nitrogens with zero attached hydrogens (tertiary/aromatic N) is 4. The first-order valence-corrected chi connectivity index (χ1v) is 17.7. The maximum absolute atomic E-state index is 13.7. The number of benzene rings is 1. The average Bonchev–Trinajstić information content (AvgIpc) is 3.57. The normalized spacial score (nSPS) is 18.7. The zero-order valence-electron chi connectivity index (χ0n) is 29.5. The van der Waals surface area contributed by atoms with Crippen LogP contribution in [0, 0.1) is 6.92 Å². The number of likely N-dealkylation sites (tertiary alicyclic amines) is 1. The second-order valence-electron chi connectivity index (χ2n) is 14.0. The number of ether oxygens (including phenoxy) is 2. The Labute approximate surface area is 292 Å². The monoisotopic (exact) mass is 694 g/mol. The Balaban J connectivity index is 1.27. The summed E-state index contributed by atoms with van der Waals surface area (Å²) in [5.74, 6) is -1.43. The minimum atomic E-state index is -1.64. The molecule has 0 bridgehead atoms. The Morgan fingerprint density at radius 3 is 2.38 bits per heavy atom. The van der Waals surface area contributed by atoms with Crippen LogP contribution in [0.4, 0.5) is 4.79 Å². The van der Waals surface area contributed by atoms with Crippen LogP contribution in [0.1, 0.15) is 81.8 Å². The van der Waals surface area contributed by atoms with Crippen molar-refractivity contribution in [1.29, 1.82) is 0 Å². The van der Waals surface area contributed by atoms with Crippen molar-refractivity contribution >= 4 is 40.6 Å². The summed E-state index contributed by atoms with van der Waals surface area (Å²) in [7, 11) is 0. The van der Waals surface area contributed by atoms with Gasteiger partial charge in [0.15, 0.2) is 6.61 Å². The number of aliphatic hydroxyl groups is 1. The summed E-state index contributed by atoms with van der Waals surface area (Å²) in [5, 5.41) is 17.3. The zero-order valence-corrected chi connectivity index (χ0v) is 29.5. The van der Waals surface area contributed by atoms with E-state index in [2.05, 4.69) is 15.6 Å². The Morgan fingerprint density at radius 1 is 1.00 bits per heavy atom. The summed E-state index contributed by atoms with van der Waals surface area (Å²) >= 11 is 0. The standard InChI is InChI=1S/C36H50N6O8/c1-5-6-19-49-35(47)41-17-15-40(16-18-41)34(46)31(36(3,4)48)39-32(44)27-21-29(25-13-12-23(2)20-26(25)38-27)50-22-30(43)42-14-8-11-28(42)33(45)37-24-9-7-10-24/h12-13,20-21,24,28,31,48H,5-11,14-19,22H2,1-4H3,(H,37,45)(H,39,44). The zero-order chi connectivity index (χ0) is 36.0. The third kappa shape index (κ3) is 8.82. The summed E-state index contributed by atoms with van der Waals surface area (Å²) in [6.45, 7) is 8.16. The van der Waals surface area contributed by atoms with Gasteiger partial charge in [0, 0.05) is 50.2 Å². The second kappa shape index (κ2) is 16.0. The SMILES string of the molecule is CCCCOC(=O)N1CCN(C(=O)C(NC(=O)c2cc(OCC(=O)N3CCCC3C(=O)NC3CCC3)c3ccc(C)cc3n2)C(C)(C)O)CC1. The lowest BCUT2D eigenvalue weighted by Gasteiger charge is -2.38. The summed E-state index contributed by atoms with van der Waals surface area (Å²) in [5.41, 5.74) is -0.363. The molecule has 2 saturated heterocycles. The van der Waals surface area contributed by atoms with Crippen LogP contribution in [-0.2, 0) is 19.1 Å². The van der Waals surface area contributed by atoms with Gasteiger partial charge in [0.25, 0.3) is 11.8 Å². The predicted molar refractivity (Wildman–Crippen MR) is 184 cm³/mol. The fourth-order valence-corrected chi connectivity index (χ4v) is 6.39. The van der Waals surface area contributed by atoms with Crippen LogP contribution in [0.25, 0.3) is 10.9 Å². The molecule has 272 valence electrons. The van der Waals surface area contributed by atoms with Crippen molar-refractivity contribution in [1.82, 2.24) is 30.3 Å². The lowest BCUT2D eigenvalue weighted by molar-refractivity contribution is -0.140. The number of piperazine rings is 1. The number of pyridine rings is 1. The van der Waals surface area contributed by atoms with Gasteiger partial charge >= 0.3 is 6.09 Å². The largest absolute Gasteiger partial charge is 0.483 e. The van der Waals surface area contributed by atoms with E-state index in [1.165, 1.54) is 24.8 Å². The van der Waals surface area contributed by atoms with Gasteiger partial charge < -0.3 is 39.9 Å². The van der Waals surface area contributed by atoms with E-state index in [9.17, 15) is 29.1 Å². The molecule has 0 spiro atoms. The van der Waals surface area contributed by atoms with Crippen LogP contribution in [0.2, 0.25) is 0 Å². The summed E-state index contributed by atoms with van der Waals surface area (Å²) in [4.78, 5) is 75.2. The Morgan fingerprint density at radius 2 is 1.72 bits per heavy atom. The first-order valence-electron chi connectivity index (χ1n) is 17.7. The number of unbranched alkanes of at least 4 members (excludes halogenated alkanes) is 1. The number of aromatic nitrogens is 1. The smallest absolute Gasteiger partial charge is 0.409 e. The van der Waals surface area contributed by atoms with E-state index in [1.807, 2.05) is 19.9 Å². The third-order valence-electron chi connectivity index (χ3n) is 9.64. The number of carbonyl (C=O) groups excluding carboxylic acids is 5. The molecule has 1 aromatic heterocycles. The lowest BCUT2D eigenvalue weighted by Crippen LogP contribution is -2.61. The average molecular weight is 695 g/mol. The lowest BCUT2D eigenvalue weighted by atomic mass is 9.93. The number of hydrogen-bond acceptors (Lipinski definition) is 9. The van der Waals surface area contributed by atoms with Crippen LogP contribution in [-0.4, -0.2) is 124 Å². The van der Waals surface area contributed by atoms with E-state index in [0.29, 0.717) is 30.5 Å². The molecule has 3 heterocycles. The minimum absolute atomic E-state index is 0.0637. The highest BCUT2D eigenvalue weighted by Crippen LogP contribution is 2.28. The van der Waals surface area contributed by atoms with Gasteiger partial charge in [-0.25, -0.2) is 9.78 Å². The van der Waals surface area contributed by atoms with E-state index in [4.69, 9.17) is 9.47 Å². The van der Waals surface area contributed by atoms with Crippen molar-refractivity contribution in [2.45, 2.75) is 96.4 Å². The van der Waals surface area contributed by atoms with Crippen LogP contribution in [0.15, 0.2) is 24.3 Å². The molecule has 1 saturated carbocycles. The quantitative estimate of drug-likeness (QED) is 0.283. The Bertz CT molecular complexity index is 1580. The molecule has 14 heteroatoms. The fourth-order valence-electron chi connectivity index (χ4n) is 6.39. The van der Waals surface area contributed by atoms with Crippen molar-refractivity contribution in [3.05, 3.63) is 35.5 Å². The highest BCUT2D eigenvalue weighted by Gasteiger charge is 2.40. The number of aryl methyl sites for hydroxylation is 1. The van der Waals surface area contributed by atoms with Crippen molar-refractivity contribution in [3.63, 3.8) is 0 Å². The fraction of sp³-hybridized carbons (Fsp3) is 0.611. The maximum atomic E-state index is 13.7. The van der Waals surface area contributed by atoms with E-state index in [1.54, 1.807) is 21.9 Å². The molecule has 3 aliphatic rings. The van der Waals surface area contributed by atoms with E-state index < -0.39 is 35.6 Å². The molecule has 2 aromatic rings. The van der Waals surface area contributed by atoms with Crippen molar-refractivity contribution in [3.8, 4) is 5.75 Å². The van der Waals surface area contributed by atoms with Gasteiger partial charge in [-0.05, 0) is 77.0 Å². The van der Waals surface area contributed by atoms with E-state index >= 15 is 0 Å². The Kier molecular flexibility index (Phi) is 11.8. The van der Waals surface area contributed by atoms with Gasteiger partial charge in [-0.3, -0.25) is 19.2 Å². The molecule has 3 N–H and O–H groups in total. The first-order chi connectivity index (χ1) is 23.8. The minimum Gasteiger partial charge on any atom is -0.483 e. The van der Waals surface area contributed by atoms with Crippen LogP contribution in [0.5, 0.6) is 5.75 Å². The maximum Gasteiger partial charge on any atom is 0.409 e. The molecule has 1 aliphatic carbocycles. The van der Waals surface area contributed by atoms with Gasteiger partial charge in [0.2, 0.25) is 11.8 Å². The van der Waals surface area contributed by atoms with Crippen molar-refractivity contribution < 1.29 is 38.6 Å². The molecule has 0 radical (unpaired) electrons. The number of fused-ring (bicyclic) bond motifs is 1. The van der Waals surface area contributed by atoms with Gasteiger partial charge in [-0.15, -0.1) is 0 Å². The molecule has 2 aliphatic heterocycles. The summed E-state index contributed by atoms with van der Waals surface area (Å²) in [6, 6.07) is 5.18. The molecule has 3 fully saturated rings. The van der Waals surface area contributed by atoms with E-state index in [-0.39, 0.29) is 62.1 Å². The topological polar surface area (TPSA) is 171 Å². The summed E-state index contributed by atoms with van der Waals surface area (Å²) in [6.07, 6.45) is 5.57. The number of rotatable bonds is 12. The molecule has 5 rings (SSSR count). The van der Waals surface area contributed by atoms with Crippen molar-refractivity contribution in [2.75, 3.05) is 45.9 Å². The number of amides is 5. The first kappa shape index (κ1) is 36.8. The second-order valence-corrected chi connectivity index (χ2v) is 14.0.